The third kappa shape index (κ3) is 3.48. The van der Waals surface area contributed by atoms with Gasteiger partial charge in [-0.25, -0.2) is 17.7 Å². The van der Waals surface area contributed by atoms with E-state index < -0.39 is 6.43 Å². The summed E-state index contributed by atoms with van der Waals surface area (Å²) >= 11 is 0. The van der Waals surface area contributed by atoms with E-state index in [1.54, 1.807) is 36.7 Å². The van der Waals surface area contributed by atoms with Crippen LogP contribution in [0.1, 0.15) is 31.0 Å². The normalized spacial score (nSPS) is 10.6. The molecule has 0 saturated carbocycles. The molecule has 2 rings (SSSR count). The van der Waals surface area contributed by atoms with Gasteiger partial charge < -0.3 is 0 Å². The zero-order valence-corrected chi connectivity index (χ0v) is 10.8. The Morgan fingerprint density at radius 1 is 1.33 bits per heavy atom. The summed E-state index contributed by atoms with van der Waals surface area (Å²) in [6.45, 7) is 5.41. The van der Waals surface area contributed by atoms with Crippen molar-refractivity contribution in [2.75, 3.05) is 0 Å². The molecule has 18 heavy (non-hydrogen) atoms. The Kier molecular flexibility index (Phi) is 5.19. The maximum atomic E-state index is 13.4. The van der Waals surface area contributed by atoms with Crippen LogP contribution in [0, 0.1) is 19.7 Å². The Balaban J connectivity index is 0.000000232. The molecule has 0 amide bonds. The van der Waals surface area contributed by atoms with Gasteiger partial charge in [-0.05, 0) is 31.5 Å². The van der Waals surface area contributed by atoms with E-state index in [2.05, 4.69) is 5.10 Å². The predicted octanol–water partition coefficient (Wildman–Crippen LogP) is 4.14. The summed E-state index contributed by atoms with van der Waals surface area (Å²) in [7, 11) is 0. The maximum absolute atomic E-state index is 13.4. The molecule has 5 heteroatoms. The van der Waals surface area contributed by atoms with Crippen LogP contribution in [-0.4, -0.2) is 16.0 Å². The van der Waals surface area contributed by atoms with Gasteiger partial charge in [0, 0.05) is 12.1 Å². The van der Waals surface area contributed by atoms with E-state index in [0.717, 1.165) is 5.69 Å². The SMILES string of the molecule is CCCC(F)F.Cc1cc(C)n2nccc2c1F. The molecule has 0 saturated heterocycles. The molecule has 0 aliphatic rings. The van der Waals surface area contributed by atoms with Gasteiger partial charge in [0.05, 0.1) is 6.20 Å². The van der Waals surface area contributed by atoms with Crippen LogP contribution in [-0.2, 0) is 0 Å². The molecule has 0 N–H and O–H groups in total. The third-order valence-electron chi connectivity index (χ3n) is 2.48. The minimum Gasteiger partial charge on any atom is -0.235 e. The van der Waals surface area contributed by atoms with Gasteiger partial charge in [0.25, 0.3) is 0 Å². The molecule has 0 unspecified atom stereocenters. The number of fused-ring (bicyclic) bond motifs is 1. The summed E-state index contributed by atoms with van der Waals surface area (Å²) in [4.78, 5) is 0. The second-order valence-electron chi connectivity index (χ2n) is 4.09. The molecule has 0 fully saturated rings. The second-order valence-corrected chi connectivity index (χ2v) is 4.09. The minimum absolute atomic E-state index is 0.0417. The first-order valence-corrected chi connectivity index (χ1v) is 5.85. The molecular formula is C13H17F3N2. The van der Waals surface area contributed by atoms with Crippen molar-refractivity contribution in [1.29, 1.82) is 0 Å². The Morgan fingerprint density at radius 2 is 2.00 bits per heavy atom. The van der Waals surface area contributed by atoms with Crippen molar-refractivity contribution in [1.82, 2.24) is 9.61 Å². The molecule has 0 spiro atoms. The quantitative estimate of drug-likeness (QED) is 0.791. The zero-order valence-electron chi connectivity index (χ0n) is 10.8. The van der Waals surface area contributed by atoms with Crippen molar-refractivity contribution >= 4 is 5.52 Å². The van der Waals surface area contributed by atoms with E-state index in [0.29, 0.717) is 17.5 Å². The number of nitrogens with zero attached hydrogens (tertiary/aromatic N) is 2. The molecule has 0 bridgehead atoms. The summed E-state index contributed by atoms with van der Waals surface area (Å²) in [6.07, 6.45) is 0.123. The molecule has 100 valence electrons. The largest absolute Gasteiger partial charge is 0.238 e. The van der Waals surface area contributed by atoms with Gasteiger partial charge in [-0.15, -0.1) is 0 Å². The average Bonchev–Trinajstić information content (AvgIpc) is 2.76. The lowest BCUT2D eigenvalue weighted by Crippen LogP contribution is -1.97. The van der Waals surface area contributed by atoms with Crippen LogP contribution in [0.2, 0.25) is 0 Å². The molecular weight excluding hydrogens is 241 g/mol. The van der Waals surface area contributed by atoms with Crippen molar-refractivity contribution in [2.45, 2.75) is 40.0 Å². The fourth-order valence-electron chi connectivity index (χ4n) is 1.61. The highest BCUT2D eigenvalue weighted by Crippen LogP contribution is 2.15. The summed E-state index contributed by atoms with van der Waals surface area (Å²) in [5, 5.41) is 4.00. The minimum atomic E-state index is -2.10. The lowest BCUT2D eigenvalue weighted by Gasteiger charge is -2.02. The van der Waals surface area contributed by atoms with Gasteiger partial charge in [0.15, 0.2) is 5.82 Å². The Hall–Kier alpha value is -1.52. The molecule has 0 aromatic carbocycles. The second kappa shape index (κ2) is 6.42. The highest BCUT2D eigenvalue weighted by atomic mass is 19.3. The van der Waals surface area contributed by atoms with Crippen LogP contribution in [0.4, 0.5) is 13.2 Å². The highest BCUT2D eigenvalue weighted by molar-refractivity contribution is 5.50. The van der Waals surface area contributed by atoms with Gasteiger partial charge in [-0.1, -0.05) is 13.3 Å². The Bertz CT molecular complexity index is 506. The van der Waals surface area contributed by atoms with Crippen molar-refractivity contribution in [3.63, 3.8) is 0 Å². The number of aromatic nitrogens is 2. The van der Waals surface area contributed by atoms with Crippen LogP contribution in [0.15, 0.2) is 18.3 Å². The molecule has 0 aliphatic heterocycles. The first-order chi connectivity index (χ1) is 8.47. The predicted molar refractivity (Wildman–Crippen MR) is 65.5 cm³/mol. The number of halogens is 3. The van der Waals surface area contributed by atoms with Crippen LogP contribution in [0.25, 0.3) is 5.52 Å². The fourth-order valence-corrected chi connectivity index (χ4v) is 1.61. The monoisotopic (exact) mass is 258 g/mol. The molecule has 0 atom stereocenters. The first-order valence-electron chi connectivity index (χ1n) is 5.85. The lowest BCUT2D eigenvalue weighted by molar-refractivity contribution is 0.137. The van der Waals surface area contributed by atoms with E-state index in [1.165, 1.54) is 0 Å². The van der Waals surface area contributed by atoms with Crippen molar-refractivity contribution < 1.29 is 13.2 Å². The molecule has 2 aromatic heterocycles. The van der Waals surface area contributed by atoms with Gasteiger partial charge in [-0.2, -0.15) is 5.10 Å². The standard InChI is InChI=1S/C9H9FN2.C4H8F2/c1-6-5-7(2)12-8(9(6)10)3-4-11-12;1-2-3-4(5)6/h3-5H,1-2H3;4H,2-3H2,1H3. The topological polar surface area (TPSA) is 17.3 Å². The fraction of sp³-hybridized carbons (Fsp3) is 0.462. The van der Waals surface area contributed by atoms with Gasteiger partial charge in [0.1, 0.15) is 5.52 Å². The van der Waals surface area contributed by atoms with Crippen molar-refractivity contribution in [3.8, 4) is 0 Å². The number of aryl methyl sites for hydroxylation is 2. The summed E-state index contributed by atoms with van der Waals surface area (Å²) in [6, 6.07) is 3.46. The van der Waals surface area contributed by atoms with E-state index in [-0.39, 0.29) is 12.2 Å². The summed E-state index contributed by atoms with van der Waals surface area (Å²) < 4.78 is 37.0. The van der Waals surface area contributed by atoms with Crippen LogP contribution in [0.5, 0.6) is 0 Å². The molecule has 0 aliphatic carbocycles. The third-order valence-corrected chi connectivity index (χ3v) is 2.48. The van der Waals surface area contributed by atoms with E-state index in [9.17, 15) is 13.2 Å². The number of alkyl halides is 2. The van der Waals surface area contributed by atoms with Gasteiger partial charge >= 0.3 is 0 Å². The maximum Gasteiger partial charge on any atom is 0.238 e. The smallest absolute Gasteiger partial charge is 0.235 e. The summed E-state index contributed by atoms with van der Waals surface area (Å²) in [5.74, 6) is -0.182. The van der Waals surface area contributed by atoms with Gasteiger partial charge in [-0.3, -0.25) is 0 Å². The van der Waals surface area contributed by atoms with Crippen LogP contribution < -0.4 is 0 Å². The molecule has 2 heterocycles. The van der Waals surface area contributed by atoms with Crippen molar-refractivity contribution in [3.05, 3.63) is 35.4 Å². The van der Waals surface area contributed by atoms with Crippen LogP contribution >= 0.6 is 0 Å². The van der Waals surface area contributed by atoms with E-state index in [4.69, 9.17) is 0 Å². The average molecular weight is 258 g/mol. The number of hydrogen-bond acceptors (Lipinski definition) is 1. The Labute approximate surface area is 104 Å². The highest BCUT2D eigenvalue weighted by Gasteiger charge is 2.06. The van der Waals surface area contributed by atoms with E-state index >= 15 is 0 Å². The molecule has 2 aromatic rings. The molecule has 0 radical (unpaired) electrons. The van der Waals surface area contributed by atoms with Crippen molar-refractivity contribution in [2.24, 2.45) is 0 Å². The van der Waals surface area contributed by atoms with E-state index in [1.807, 2.05) is 6.92 Å². The number of pyridine rings is 1. The molecule has 2 nitrogen and oxygen atoms in total. The zero-order chi connectivity index (χ0) is 13.7. The number of rotatable bonds is 2. The summed E-state index contributed by atoms with van der Waals surface area (Å²) in [5.41, 5.74) is 2.17. The van der Waals surface area contributed by atoms with Gasteiger partial charge in [0.2, 0.25) is 6.43 Å². The Morgan fingerprint density at radius 3 is 2.50 bits per heavy atom. The lowest BCUT2D eigenvalue weighted by atomic mass is 10.2. The number of hydrogen-bond donors (Lipinski definition) is 0. The first kappa shape index (κ1) is 14.5. The van der Waals surface area contributed by atoms with Crippen LogP contribution in [0.3, 0.4) is 0 Å².